The molecule has 0 spiro atoms. The van der Waals surface area contributed by atoms with Gasteiger partial charge >= 0.3 is 0 Å². The van der Waals surface area contributed by atoms with E-state index in [1.54, 1.807) is 29.1 Å². The molecular weight excluding hydrogens is 444 g/mol. The lowest BCUT2D eigenvalue weighted by molar-refractivity contribution is 0.102. The minimum Gasteiger partial charge on any atom is -0.378 e. The van der Waals surface area contributed by atoms with Crippen molar-refractivity contribution in [3.63, 3.8) is 0 Å². The van der Waals surface area contributed by atoms with Crippen LogP contribution in [0, 0.1) is 0 Å². The Labute approximate surface area is 176 Å². The molecule has 3 aromatic rings. The van der Waals surface area contributed by atoms with Crippen LogP contribution in [0.5, 0.6) is 0 Å². The Hall–Kier alpha value is -2.35. The van der Waals surface area contributed by atoms with Gasteiger partial charge in [0.1, 0.15) is 0 Å². The first kappa shape index (κ1) is 19.0. The van der Waals surface area contributed by atoms with Crippen molar-refractivity contribution in [3.8, 4) is 5.69 Å². The van der Waals surface area contributed by atoms with Gasteiger partial charge in [0.05, 0.1) is 30.3 Å². The van der Waals surface area contributed by atoms with E-state index in [9.17, 15) is 4.79 Å². The number of ether oxygens (including phenoxy) is 1. The van der Waals surface area contributed by atoms with E-state index in [1.807, 2.05) is 30.3 Å². The number of amides is 1. The highest BCUT2D eigenvalue weighted by molar-refractivity contribution is 9.10. The van der Waals surface area contributed by atoms with Crippen LogP contribution < -0.4 is 10.2 Å². The highest BCUT2D eigenvalue weighted by Crippen LogP contribution is 2.30. The summed E-state index contributed by atoms with van der Waals surface area (Å²) < 4.78 is 7.95. The lowest BCUT2D eigenvalue weighted by atomic mass is 10.2. The summed E-state index contributed by atoms with van der Waals surface area (Å²) in [7, 11) is 0. The number of benzene rings is 2. The van der Waals surface area contributed by atoms with Gasteiger partial charge in [-0.05, 0) is 42.5 Å². The molecule has 144 valence electrons. The highest BCUT2D eigenvalue weighted by atomic mass is 79.9. The number of aromatic nitrogens is 2. The monoisotopic (exact) mass is 460 g/mol. The molecule has 1 saturated heterocycles. The molecule has 1 fully saturated rings. The van der Waals surface area contributed by atoms with Gasteiger partial charge in [-0.2, -0.15) is 5.10 Å². The largest absolute Gasteiger partial charge is 0.378 e. The van der Waals surface area contributed by atoms with E-state index in [-0.39, 0.29) is 5.91 Å². The molecule has 8 heteroatoms. The van der Waals surface area contributed by atoms with Gasteiger partial charge in [0, 0.05) is 28.8 Å². The molecule has 0 unspecified atom stereocenters. The number of carbonyl (C=O) groups excluding carboxylic acids is 1. The van der Waals surface area contributed by atoms with Crippen LogP contribution in [0.25, 0.3) is 5.69 Å². The molecule has 2 aromatic carbocycles. The minimum atomic E-state index is -0.270. The van der Waals surface area contributed by atoms with Crippen molar-refractivity contribution >= 4 is 44.8 Å². The molecule has 0 radical (unpaired) electrons. The molecule has 1 aliphatic heterocycles. The number of nitrogens with zero attached hydrogens (tertiary/aromatic N) is 3. The van der Waals surface area contributed by atoms with Crippen LogP contribution in [0.2, 0.25) is 5.02 Å². The van der Waals surface area contributed by atoms with Crippen LogP contribution in [0.3, 0.4) is 0 Å². The van der Waals surface area contributed by atoms with Gasteiger partial charge in [0.25, 0.3) is 5.91 Å². The maximum atomic E-state index is 12.8. The van der Waals surface area contributed by atoms with E-state index in [2.05, 4.69) is 31.2 Å². The van der Waals surface area contributed by atoms with Crippen molar-refractivity contribution in [2.24, 2.45) is 0 Å². The molecule has 1 aliphatic rings. The maximum Gasteiger partial charge on any atom is 0.276 e. The molecule has 1 amide bonds. The van der Waals surface area contributed by atoms with E-state index >= 15 is 0 Å². The molecule has 1 aromatic heterocycles. The second-order valence-corrected chi connectivity index (χ2v) is 7.69. The lowest BCUT2D eigenvalue weighted by Gasteiger charge is -2.30. The van der Waals surface area contributed by atoms with Crippen molar-refractivity contribution in [2.75, 3.05) is 36.5 Å². The fourth-order valence-corrected chi connectivity index (χ4v) is 3.63. The van der Waals surface area contributed by atoms with Crippen molar-refractivity contribution < 1.29 is 9.53 Å². The lowest BCUT2D eigenvalue weighted by Crippen LogP contribution is -2.36. The third-order valence-electron chi connectivity index (χ3n) is 4.45. The molecule has 2 heterocycles. The fraction of sp³-hybridized carbons (Fsp3) is 0.200. The number of hydrogen-bond acceptors (Lipinski definition) is 4. The summed E-state index contributed by atoms with van der Waals surface area (Å²) in [5.41, 5.74) is 2.82. The molecule has 0 bridgehead atoms. The first-order valence-corrected chi connectivity index (χ1v) is 10.0. The van der Waals surface area contributed by atoms with Crippen molar-refractivity contribution in [1.29, 1.82) is 0 Å². The van der Waals surface area contributed by atoms with Crippen LogP contribution in [-0.4, -0.2) is 42.0 Å². The van der Waals surface area contributed by atoms with Crippen LogP contribution >= 0.6 is 27.5 Å². The van der Waals surface area contributed by atoms with E-state index in [1.165, 1.54) is 0 Å². The van der Waals surface area contributed by atoms with Crippen LogP contribution in [0.4, 0.5) is 11.4 Å². The van der Waals surface area contributed by atoms with Crippen LogP contribution in [0.15, 0.2) is 59.2 Å². The zero-order valence-corrected chi connectivity index (χ0v) is 17.3. The SMILES string of the molecule is O=C(Nc1cc(Br)ccc1N1CCOCC1)c1ccn(-c2cccc(Cl)c2)n1. The number of nitrogens with one attached hydrogen (secondary N) is 1. The van der Waals surface area contributed by atoms with Crippen LogP contribution in [-0.2, 0) is 4.74 Å². The molecule has 28 heavy (non-hydrogen) atoms. The Morgan fingerprint density at radius 3 is 2.75 bits per heavy atom. The summed E-state index contributed by atoms with van der Waals surface area (Å²) in [5, 5.41) is 7.98. The zero-order valence-electron chi connectivity index (χ0n) is 14.9. The van der Waals surface area contributed by atoms with Gasteiger partial charge in [-0.15, -0.1) is 0 Å². The smallest absolute Gasteiger partial charge is 0.276 e. The van der Waals surface area contributed by atoms with Gasteiger partial charge in [-0.1, -0.05) is 33.6 Å². The second-order valence-electron chi connectivity index (χ2n) is 6.34. The standard InChI is InChI=1S/C20H18BrClN4O2/c21-14-4-5-19(25-8-10-28-11-9-25)18(12-14)23-20(27)17-6-7-26(24-17)16-3-1-2-15(22)13-16/h1-7,12-13H,8-11H2,(H,23,27). The van der Waals surface area contributed by atoms with Gasteiger partial charge in [0.2, 0.25) is 0 Å². The Morgan fingerprint density at radius 1 is 1.14 bits per heavy atom. The Morgan fingerprint density at radius 2 is 1.96 bits per heavy atom. The first-order valence-electron chi connectivity index (χ1n) is 8.85. The average Bonchev–Trinajstić information content (AvgIpc) is 3.19. The molecule has 4 rings (SSSR count). The topological polar surface area (TPSA) is 59.4 Å². The molecule has 0 aliphatic carbocycles. The molecule has 0 atom stereocenters. The maximum absolute atomic E-state index is 12.8. The van der Waals surface area contributed by atoms with Gasteiger partial charge in [-0.25, -0.2) is 4.68 Å². The highest BCUT2D eigenvalue weighted by Gasteiger charge is 2.18. The van der Waals surface area contributed by atoms with E-state index in [4.69, 9.17) is 16.3 Å². The predicted octanol–water partition coefficient (Wildman–Crippen LogP) is 4.38. The average molecular weight is 462 g/mol. The molecule has 0 saturated carbocycles. The van der Waals surface area contributed by atoms with E-state index < -0.39 is 0 Å². The number of anilines is 2. The summed E-state index contributed by atoms with van der Waals surface area (Å²) in [5.74, 6) is -0.270. The third kappa shape index (κ3) is 4.22. The number of hydrogen-bond donors (Lipinski definition) is 1. The minimum absolute atomic E-state index is 0.270. The predicted molar refractivity (Wildman–Crippen MR) is 114 cm³/mol. The quantitative estimate of drug-likeness (QED) is 0.626. The molecular formula is C20H18BrClN4O2. The van der Waals surface area contributed by atoms with E-state index in [0.717, 1.165) is 34.6 Å². The number of carbonyl (C=O) groups is 1. The zero-order chi connectivity index (χ0) is 19.5. The summed E-state index contributed by atoms with van der Waals surface area (Å²) in [6.07, 6.45) is 1.74. The second kappa shape index (κ2) is 8.34. The van der Waals surface area contributed by atoms with Gasteiger partial charge < -0.3 is 15.0 Å². The molecule has 6 nitrogen and oxygen atoms in total. The number of rotatable bonds is 4. The summed E-state index contributed by atoms with van der Waals surface area (Å²) >= 11 is 9.52. The summed E-state index contributed by atoms with van der Waals surface area (Å²) in [6, 6.07) is 14.9. The Balaban J connectivity index is 1.56. The summed E-state index contributed by atoms with van der Waals surface area (Å²) in [6.45, 7) is 2.92. The van der Waals surface area contributed by atoms with Crippen molar-refractivity contribution in [1.82, 2.24) is 9.78 Å². The van der Waals surface area contributed by atoms with Gasteiger partial charge in [-0.3, -0.25) is 4.79 Å². The fourth-order valence-electron chi connectivity index (χ4n) is 3.08. The van der Waals surface area contributed by atoms with Gasteiger partial charge in [0.15, 0.2) is 5.69 Å². The summed E-state index contributed by atoms with van der Waals surface area (Å²) in [4.78, 5) is 15.0. The Bertz CT molecular complexity index is 1000. The van der Waals surface area contributed by atoms with Crippen molar-refractivity contribution in [2.45, 2.75) is 0 Å². The first-order chi connectivity index (χ1) is 13.6. The normalized spacial score (nSPS) is 14.1. The number of morpholine rings is 1. The Kier molecular flexibility index (Phi) is 5.66. The van der Waals surface area contributed by atoms with E-state index in [0.29, 0.717) is 23.9 Å². The van der Waals surface area contributed by atoms with Crippen LogP contribution in [0.1, 0.15) is 10.5 Å². The number of halogens is 2. The molecule has 1 N–H and O–H groups in total. The van der Waals surface area contributed by atoms with Crippen molar-refractivity contribution in [3.05, 3.63) is 69.9 Å². The third-order valence-corrected chi connectivity index (χ3v) is 5.18.